The summed E-state index contributed by atoms with van der Waals surface area (Å²) < 4.78 is 28.1. The van der Waals surface area contributed by atoms with Gasteiger partial charge in [-0.15, -0.1) is 0 Å². The monoisotopic (exact) mass is 347 g/mol. The van der Waals surface area contributed by atoms with Gasteiger partial charge in [-0.05, 0) is 36.8 Å². The molecule has 24 heavy (non-hydrogen) atoms. The lowest BCUT2D eigenvalue weighted by atomic mass is 10.1. The van der Waals surface area contributed by atoms with Gasteiger partial charge in [-0.1, -0.05) is 24.3 Å². The van der Waals surface area contributed by atoms with Crippen LogP contribution in [0.3, 0.4) is 0 Å². The first-order valence-electron chi connectivity index (χ1n) is 7.10. The molecule has 0 aliphatic carbocycles. The number of hydrogen-bond acceptors (Lipinski definition) is 5. The number of amides is 1. The number of benzene rings is 2. The molecule has 2 rings (SSSR count). The van der Waals surface area contributed by atoms with Gasteiger partial charge in [0.2, 0.25) is 0 Å². The summed E-state index contributed by atoms with van der Waals surface area (Å²) in [4.78, 5) is 23.9. The second-order valence-corrected chi connectivity index (χ2v) is 7.25. The zero-order valence-electron chi connectivity index (χ0n) is 13.3. The average molecular weight is 347 g/mol. The maximum absolute atomic E-state index is 12.1. The van der Waals surface area contributed by atoms with E-state index in [0.717, 1.165) is 6.26 Å². The Kier molecular flexibility index (Phi) is 5.35. The molecule has 7 heteroatoms. The summed E-state index contributed by atoms with van der Waals surface area (Å²) in [5, 5.41) is 2.59. The summed E-state index contributed by atoms with van der Waals surface area (Å²) in [6.07, 6.45) is 1.06. The Labute approximate surface area is 140 Å². The van der Waals surface area contributed by atoms with Crippen LogP contribution in [0.4, 0.5) is 5.69 Å². The quantitative estimate of drug-likeness (QED) is 0.838. The van der Waals surface area contributed by atoms with Crippen LogP contribution in [0.15, 0.2) is 53.4 Å². The van der Waals surface area contributed by atoms with Crippen LogP contribution in [0.2, 0.25) is 0 Å². The molecule has 0 fully saturated rings. The van der Waals surface area contributed by atoms with Gasteiger partial charge in [-0.2, -0.15) is 0 Å². The molecule has 2 aromatic carbocycles. The topological polar surface area (TPSA) is 89.5 Å². The van der Waals surface area contributed by atoms with Crippen molar-refractivity contribution in [2.24, 2.45) is 0 Å². The van der Waals surface area contributed by atoms with Crippen molar-refractivity contribution in [2.45, 2.75) is 11.8 Å². The van der Waals surface area contributed by atoms with Crippen molar-refractivity contribution >= 4 is 27.4 Å². The van der Waals surface area contributed by atoms with E-state index in [0.29, 0.717) is 11.3 Å². The van der Waals surface area contributed by atoms with E-state index in [-0.39, 0.29) is 10.5 Å². The van der Waals surface area contributed by atoms with E-state index in [1.165, 1.54) is 18.2 Å². The van der Waals surface area contributed by atoms with Crippen LogP contribution in [0.25, 0.3) is 0 Å². The van der Waals surface area contributed by atoms with Crippen molar-refractivity contribution in [1.29, 1.82) is 0 Å². The molecule has 0 aromatic heterocycles. The molecule has 0 saturated carbocycles. The summed E-state index contributed by atoms with van der Waals surface area (Å²) in [5.74, 6) is -1.23. The number of sulfone groups is 1. The minimum Gasteiger partial charge on any atom is -0.452 e. The number of nitrogens with one attached hydrogen (secondary N) is 1. The normalized spacial score (nSPS) is 10.9. The fourth-order valence-electron chi connectivity index (χ4n) is 1.98. The molecule has 0 atom stereocenters. The number of para-hydroxylation sites is 1. The number of ether oxygens (including phenoxy) is 1. The van der Waals surface area contributed by atoms with Gasteiger partial charge < -0.3 is 10.1 Å². The van der Waals surface area contributed by atoms with E-state index in [1.807, 2.05) is 6.07 Å². The minimum atomic E-state index is -3.43. The molecule has 1 N–H and O–H groups in total. The van der Waals surface area contributed by atoms with Crippen molar-refractivity contribution in [1.82, 2.24) is 0 Å². The zero-order valence-corrected chi connectivity index (χ0v) is 14.1. The molecule has 0 aliphatic heterocycles. The highest BCUT2D eigenvalue weighted by Crippen LogP contribution is 2.16. The lowest BCUT2D eigenvalue weighted by Crippen LogP contribution is -2.21. The molecule has 0 bridgehead atoms. The van der Waals surface area contributed by atoms with Crippen LogP contribution >= 0.6 is 0 Å². The molecule has 0 heterocycles. The van der Waals surface area contributed by atoms with Crippen LogP contribution in [0.1, 0.15) is 15.9 Å². The van der Waals surface area contributed by atoms with E-state index < -0.39 is 28.3 Å². The molecule has 0 unspecified atom stereocenters. The third kappa shape index (κ3) is 4.66. The Hall–Kier alpha value is -2.67. The Bertz CT molecular complexity index is 860. The molecule has 0 radical (unpaired) electrons. The fraction of sp³-hybridized carbons (Fsp3) is 0.176. The molecule has 0 spiro atoms. The van der Waals surface area contributed by atoms with Crippen molar-refractivity contribution in [3.63, 3.8) is 0 Å². The van der Waals surface area contributed by atoms with E-state index >= 15 is 0 Å². The van der Waals surface area contributed by atoms with Crippen molar-refractivity contribution in [3.8, 4) is 0 Å². The van der Waals surface area contributed by atoms with Gasteiger partial charge in [-0.3, -0.25) is 4.79 Å². The van der Waals surface area contributed by atoms with E-state index in [4.69, 9.17) is 4.74 Å². The van der Waals surface area contributed by atoms with Crippen LogP contribution in [0.5, 0.6) is 0 Å². The van der Waals surface area contributed by atoms with Gasteiger partial charge in [-0.25, -0.2) is 13.2 Å². The maximum Gasteiger partial charge on any atom is 0.338 e. The Morgan fingerprint density at radius 2 is 1.75 bits per heavy atom. The van der Waals surface area contributed by atoms with Gasteiger partial charge in [0.15, 0.2) is 16.4 Å². The molecule has 6 nitrogen and oxygen atoms in total. The van der Waals surface area contributed by atoms with Gasteiger partial charge in [0.1, 0.15) is 0 Å². The Morgan fingerprint density at radius 3 is 2.38 bits per heavy atom. The smallest absolute Gasteiger partial charge is 0.338 e. The number of rotatable bonds is 5. The number of esters is 1. The molecule has 0 aliphatic rings. The van der Waals surface area contributed by atoms with E-state index in [2.05, 4.69) is 5.32 Å². The maximum atomic E-state index is 12.1. The predicted octanol–water partition coefficient (Wildman–Crippen LogP) is 2.19. The third-order valence-electron chi connectivity index (χ3n) is 3.25. The van der Waals surface area contributed by atoms with Gasteiger partial charge >= 0.3 is 5.97 Å². The summed E-state index contributed by atoms with van der Waals surface area (Å²) in [5.41, 5.74) is 1.27. The molecular weight excluding hydrogens is 330 g/mol. The van der Waals surface area contributed by atoms with Gasteiger partial charge in [0, 0.05) is 11.9 Å². The van der Waals surface area contributed by atoms with Gasteiger partial charge in [0.25, 0.3) is 5.91 Å². The van der Waals surface area contributed by atoms with Gasteiger partial charge in [0.05, 0.1) is 10.5 Å². The van der Waals surface area contributed by atoms with E-state index in [1.54, 1.807) is 31.2 Å². The Balaban J connectivity index is 2.03. The predicted molar refractivity (Wildman–Crippen MR) is 89.6 cm³/mol. The minimum absolute atomic E-state index is 0.0220. The molecule has 2 aromatic rings. The van der Waals surface area contributed by atoms with Crippen LogP contribution in [-0.4, -0.2) is 33.2 Å². The third-order valence-corrected chi connectivity index (χ3v) is 4.36. The van der Waals surface area contributed by atoms with Crippen molar-refractivity contribution in [2.75, 3.05) is 18.2 Å². The van der Waals surface area contributed by atoms with Crippen LogP contribution in [-0.2, 0) is 19.4 Å². The SMILES string of the molecule is Cc1ccc(S(C)(=O)=O)cc1C(=O)OCC(=O)Nc1ccccc1. The fourth-order valence-corrected chi connectivity index (χ4v) is 2.63. The number of carbonyl (C=O) groups is 2. The Morgan fingerprint density at radius 1 is 1.08 bits per heavy atom. The second-order valence-electron chi connectivity index (χ2n) is 5.24. The second kappa shape index (κ2) is 7.27. The summed E-state index contributed by atoms with van der Waals surface area (Å²) in [7, 11) is -3.43. The largest absolute Gasteiger partial charge is 0.452 e. The molecule has 1 amide bonds. The number of hydrogen-bond donors (Lipinski definition) is 1. The van der Waals surface area contributed by atoms with Crippen molar-refractivity contribution < 1.29 is 22.7 Å². The first-order chi connectivity index (χ1) is 11.3. The highest BCUT2D eigenvalue weighted by atomic mass is 32.2. The van der Waals surface area contributed by atoms with E-state index in [9.17, 15) is 18.0 Å². The highest BCUT2D eigenvalue weighted by Gasteiger charge is 2.16. The molecule has 0 saturated heterocycles. The average Bonchev–Trinajstić information content (AvgIpc) is 2.53. The molecule has 126 valence electrons. The zero-order chi connectivity index (χ0) is 17.7. The number of aryl methyl sites for hydroxylation is 1. The first kappa shape index (κ1) is 17.7. The first-order valence-corrected chi connectivity index (χ1v) is 8.99. The number of anilines is 1. The van der Waals surface area contributed by atoms with Crippen LogP contribution in [0, 0.1) is 6.92 Å². The number of carbonyl (C=O) groups excluding carboxylic acids is 2. The summed E-state index contributed by atoms with van der Waals surface area (Å²) >= 11 is 0. The molecular formula is C17H17NO5S. The lowest BCUT2D eigenvalue weighted by molar-refractivity contribution is -0.119. The van der Waals surface area contributed by atoms with Crippen LogP contribution < -0.4 is 5.32 Å². The summed E-state index contributed by atoms with van der Waals surface area (Å²) in [6, 6.07) is 13.0. The summed E-state index contributed by atoms with van der Waals surface area (Å²) in [6.45, 7) is 1.20. The highest BCUT2D eigenvalue weighted by molar-refractivity contribution is 7.90. The standard InChI is InChI=1S/C17H17NO5S/c1-12-8-9-14(24(2,21)22)10-15(12)17(20)23-11-16(19)18-13-6-4-3-5-7-13/h3-10H,11H2,1-2H3,(H,18,19). The van der Waals surface area contributed by atoms with Crippen molar-refractivity contribution in [3.05, 3.63) is 59.7 Å². The lowest BCUT2D eigenvalue weighted by Gasteiger charge is -2.09.